The summed E-state index contributed by atoms with van der Waals surface area (Å²) in [5, 5.41) is 9.58. The molecule has 0 saturated carbocycles. The van der Waals surface area contributed by atoms with Gasteiger partial charge in [-0.1, -0.05) is 0 Å². The van der Waals surface area contributed by atoms with Crippen molar-refractivity contribution in [1.82, 2.24) is 19.9 Å². The van der Waals surface area contributed by atoms with Gasteiger partial charge in [0.15, 0.2) is 6.10 Å². The van der Waals surface area contributed by atoms with Gasteiger partial charge in [0.2, 0.25) is 0 Å². The quantitative estimate of drug-likeness (QED) is 0.594. The summed E-state index contributed by atoms with van der Waals surface area (Å²) in [7, 11) is 0. The average Bonchev–Trinajstić information content (AvgIpc) is 2.77. The lowest BCUT2D eigenvalue weighted by atomic mass is 10.3. The molecule has 2 aromatic rings. The van der Waals surface area contributed by atoms with E-state index in [1.807, 2.05) is 0 Å². The van der Waals surface area contributed by atoms with E-state index < -0.39 is 6.10 Å². The maximum absolute atomic E-state index is 9.58. The van der Waals surface area contributed by atoms with Crippen LogP contribution < -0.4 is 0 Å². The van der Waals surface area contributed by atoms with Gasteiger partial charge in [-0.3, -0.25) is 0 Å². The Labute approximate surface area is 68.5 Å². The van der Waals surface area contributed by atoms with Crippen molar-refractivity contribution in [3.05, 3.63) is 36.4 Å². The van der Waals surface area contributed by atoms with Gasteiger partial charge >= 0.3 is 0 Å². The van der Waals surface area contributed by atoms with Crippen LogP contribution in [0.2, 0.25) is 0 Å². The highest BCUT2D eigenvalue weighted by atomic mass is 16.3. The van der Waals surface area contributed by atoms with Crippen LogP contribution in [0.5, 0.6) is 0 Å². The minimum Gasteiger partial charge on any atom is -0.377 e. The van der Waals surface area contributed by atoms with Crippen LogP contribution in [0.15, 0.2) is 24.8 Å². The van der Waals surface area contributed by atoms with Crippen molar-refractivity contribution in [3.63, 3.8) is 0 Å². The van der Waals surface area contributed by atoms with Crippen LogP contribution >= 0.6 is 0 Å². The van der Waals surface area contributed by atoms with E-state index in [0.717, 1.165) is 0 Å². The molecule has 5 nitrogen and oxygen atoms in total. The fraction of sp³-hybridized carbons (Fsp3) is 0.143. The first-order valence-electron chi connectivity index (χ1n) is 3.54. The smallest absolute Gasteiger partial charge is 0.169 e. The first-order valence-corrected chi connectivity index (χ1v) is 3.54. The van der Waals surface area contributed by atoms with Crippen molar-refractivity contribution in [2.45, 2.75) is 6.10 Å². The fourth-order valence-electron chi connectivity index (χ4n) is 0.984. The molecule has 0 aliphatic rings. The van der Waals surface area contributed by atoms with Crippen LogP contribution in [-0.2, 0) is 0 Å². The Morgan fingerprint density at radius 3 is 1.92 bits per heavy atom. The summed E-state index contributed by atoms with van der Waals surface area (Å²) in [6.07, 6.45) is 5.68. The van der Waals surface area contributed by atoms with E-state index in [1.54, 1.807) is 24.8 Å². The van der Waals surface area contributed by atoms with Gasteiger partial charge in [0.05, 0.1) is 0 Å². The number of rotatable bonds is 2. The summed E-state index contributed by atoms with van der Waals surface area (Å²) in [6, 6.07) is 0. The van der Waals surface area contributed by atoms with Gasteiger partial charge in [-0.25, -0.2) is 9.97 Å². The zero-order valence-electron chi connectivity index (χ0n) is 6.23. The second-order valence-electron chi connectivity index (χ2n) is 2.35. The van der Waals surface area contributed by atoms with Crippen LogP contribution in [-0.4, -0.2) is 25.0 Å². The van der Waals surface area contributed by atoms with Crippen molar-refractivity contribution >= 4 is 0 Å². The molecule has 0 radical (unpaired) electrons. The van der Waals surface area contributed by atoms with Crippen molar-refractivity contribution in [1.29, 1.82) is 0 Å². The molecule has 0 aromatic carbocycles. The van der Waals surface area contributed by atoms with Crippen molar-refractivity contribution < 1.29 is 5.11 Å². The van der Waals surface area contributed by atoms with E-state index in [0.29, 0.717) is 11.6 Å². The Morgan fingerprint density at radius 1 is 1.08 bits per heavy atom. The molecule has 0 bridgehead atoms. The van der Waals surface area contributed by atoms with E-state index in [1.165, 1.54) is 0 Å². The number of imidazole rings is 2. The number of hydrogen-bond donors (Lipinski definition) is 3. The van der Waals surface area contributed by atoms with Crippen molar-refractivity contribution in [2.24, 2.45) is 0 Å². The topological polar surface area (TPSA) is 77.6 Å². The highest BCUT2D eigenvalue weighted by molar-refractivity contribution is 5.05. The highest BCUT2D eigenvalue weighted by Gasteiger charge is 2.13. The predicted octanol–water partition coefficient (Wildman–Crippen LogP) is 0.214. The van der Waals surface area contributed by atoms with Crippen LogP contribution in [0.3, 0.4) is 0 Å². The lowest BCUT2D eigenvalue weighted by molar-refractivity contribution is 0.202. The lowest BCUT2D eigenvalue weighted by Gasteiger charge is -2.02. The Bertz CT molecular complexity index is 292. The van der Waals surface area contributed by atoms with Crippen molar-refractivity contribution in [3.8, 4) is 0 Å². The van der Waals surface area contributed by atoms with Crippen LogP contribution in [0, 0.1) is 0 Å². The number of nitrogens with one attached hydrogen (secondary N) is 2. The van der Waals surface area contributed by atoms with Crippen LogP contribution in [0.4, 0.5) is 0 Å². The zero-order chi connectivity index (χ0) is 8.39. The average molecular weight is 164 g/mol. The van der Waals surface area contributed by atoms with Gasteiger partial charge in [0.25, 0.3) is 0 Å². The molecule has 0 spiro atoms. The third kappa shape index (κ3) is 1.10. The number of aliphatic hydroxyl groups is 1. The van der Waals surface area contributed by atoms with E-state index in [9.17, 15) is 5.11 Å². The summed E-state index contributed by atoms with van der Waals surface area (Å²) < 4.78 is 0. The molecule has 3 N–H and O–H groups in total. The Hall–Kier alpha value is -1.62. The Kier molecular flexibility index (Phi) is 1.64. The molecule has 5 heteroatoms. The summed E-state index contributed by atoms with van der Waals surface area (Å²) >= 11 is 0. The molecule has 0 aliphatic heterocycles. The molecule has 0 aliphatic carbocycles. The molecular weight excluding hydrogens is 156 g/mol. The number of hydrogen-bond acceptors (Lipinski definition) is 3. The fourth-order valence-corrected chi connectivity index (χ4v) is 0.984. The highest BCUT2D eigenvalue weighted by Crippen LogP contribution is 2.12. The summed E-state index contributed by atoms with van der Waals surface area (Å²) in [5.41, 5.74) is 0. The minimum absolute atomic E-state index is 0.491. The third-order valence-corrected chi connectivity index (χ3v) is 1.56. The molecule has 0 atom stereocenters. The summed E-state index contributed by atoms with van der Waals surface area (Å²) in [4.78, 5) is 13.4. The standard InChI is InChI=1S/C7H8N4O/c12-5(6-8-1-2-9-6)7-10-3-4-11-7/h1-5,12H,(H,8,9)(H,10,11). The Morgan fingerprint density at radius 2 is 1.58 bits per heavy atom. The van der Waals surface area contributed by atoms with E-state index in [4.69, 9.17) is 0 Å². The maximum Gasteiger partial charge on any atom is 0.169 e. The molecule has 2 rings (SSSR count). The van der Waals surface area contributed by atoms with E-state index in [2.05, 4.69) is 19.9 Å². The van der Waals surface area contributed by atoms with Gasteiger partial charge in [-0.15, -0.1) is 0 Å². The third-order valence-electron chi connectivity index (χ3n) is 1.56. The second-order valence-corrected chi connectivity index (χ2v) is 2.35. The summed E-state index contributed by atoms with van der Waals surface area (Å²) in [5.74, 6) is 0.981. The van der Waals surface area contributed by atoms with Crippen LogP contribution in [0.1, 0.15) is 17.8 Å². The maximum atomic E-state index is 9.58. The molecule has 0 fully saturated rings. The van der Waals surface area contributed by atoms with E-state index >= 15 is 0 Å². The molecule has 2 aromatic heterocycles. The normalized spacial score (nSPS) is 10.8. The molecule has 0 saturated heterocycles. The number of nitrogens with zero attached hydrogens (tertiary/aromatic N) is 2. The lowest BCUT2D eigenvalue weighted by Crippen LogP contribution is -2.03. The monoisotopic (exact) mass is 164 g/mol. The molecule has 62 valence electrons. The summed E-state index contributed by atoms with van der Waals surface area (Å²) in [6.45, 7) is 0. The number of aromatic amines is 2. The van der Waals surface area contributed by atoms with Crippen molar-refractivity contribution in [2.75, 3.05) is 0 Å². The minimum atomic E-state index is -0.796. The predicted molar refractivity (Wildman–Crippen MR) is 41.2 cm³/mol. The SMILES string of the molecule is OC(c1ncc[nH]1)c1ncc[nH]1. The van der Waals surface area contributed by atoms with Gasteiger partial charge < -0.3 is 15.1 Å². The molecule has 12 heavy (non-hydrogen) atoms. The molecule has 0 unspecified atom stereocenters. The molecule has 0 amide bonds. The van der Waals surface area contributed by atoms with Gasteiger partial charge in [0, 0.05) is 24.8 Å². The largest absolute Gasteiger partial charge is 0.377 e. The van der Waals surface area contributed by atoms with Gasteiger partial charge in [0.1, 0.15) is 11.6 Å². The number of aromatic nitrogens is 4. The van der Waals surface area contributed by atoms with Gasteiger partial charge in [-0.2, -0.15) is 0 Å². The second kappa shape index (κ2) is 2.78. The number of H-pyrrole nitrogens is 2. The van der Waals surface area contributed by atoms with E-state index in [-0.39, 0.29) is 0 Å². The van der Waals surface area contributed by atoms with Gasteiger partial charge in [-0.05, 0) is 0 Å². The first kappa shape index (κ1) is 7.05. The van der Waals surface area contributed by atoms with Crippen LogP contribution in [0.25, 0.3) is 0 Å². The molecular formula is C7H8N4O. The first-order chi connectivity index (χ1) is 5.88. The zero-order valence-corrected chi connectivity index (χ0v) is 6.23. The Balaban J connectivity index is 2.27. The number of aliphatic hydroxyl groups excluding tert-OH is 1. The molecule has 2 heterocycles.